The Morgan fingerprint density at radius 1 is 1.23 bits per heavy atom. The molecule has 0 radical (unpaired) electrons. The highest BCUT2D eigenvalue weighted by atomic mass is 35.5. The molecule has 31 heavy (non-hydrogen) atoms. The highest BCUT2D eigenvalue weighted by Crippen LogP contribution is 2.41. The third-order valence-electron chi connectivity index (χ3n) is 5.87. The first kappa shape index (κ1) is 24.0. The van der Waals surface area contributed by atoms with Crippen molar-refractivity contribution in [2.24, 2.45) is 0 Å². The molecule has 1 unspecified atom stereocenters. The fourth-order valence-electron chi connectivity index (χ4n) is 4.44. The molecule has 0 fully saturated rings. The molecule has 0 bridgehead atoms. The molecule has 0 spiro atoms. The van der Waals surface area contributed by atoms with Crippen LogP contribution in [0.2, 0.25) is 15.1 Å². The maximum Gasteiger partial charge on any atom is 0.290 e. The van der Waals surface area contributed by atoms with Crippen LogP contribution in [0.4, 0.5) is 0 Å². The second-order valence-corrected chi connectivity index (χ2v) is 8.91. The molecule has 4 rings (SSSR count). The van der Waals surface area contributed by atoms with Gasteiger partial charge in [0.25, 0.3) is 6.47 Å². The predicted octanol–water partition coefficient (Wildman–Crippen LogP) is 5.06. The molecule has 2 N–H and O–H groups in total. The largest absolute Gasteiger partial charge is 0.483 e. The Kier molecular flexibility index (Phi) is 8.36. The van der Waals surface area contributed by atoms with Crippen LogP contribution >= 0.6 is 34.8 Å². The van der Waals surface area contributed by atoms with Crippen LogP contribution in [0.5, 0.6) is 0 Å². The van der Waals surface area contributed by atoms with Crippen molar-refractivity contribution in [3.8, 4) is 0 Å². The normalized spacial score (nSPS) is 17.6. The number of hydrogen-bond donors (Lipinski definition) is 2. The Bertz CT molecular complexity index is 994. The zero-order valence-electron chi connectivity index (χ0n) is 17.2. The number of rotatable bonds is 5. The zero-order chi connectivity index (χ0) is 22.5. The van der Waals surface area contributed by atoms with E-state index in [4.69, 9.17) is 44.7 Å². The topological polar surface area (TPSA) is 73.7 Å². The van der Waals surface area contributed by atoms with Gasteiger partial charge in [0.05, 0.1) is 34.1 Å². The van der Waals surface area contributed by atoms with E-state index in [-0.39, 0.29) is 19.1 Å². The van der Waals surface area contributed by atoms with Gasteiger partial charge in [-0.2, -0.15) is 0 Å². The van der Waals surface area contributed by atoms with Gasteiger partial charge in [0.1, 0.15) is 0 Å². The van der Waals surface area contributed by atoms with Crippen molar-refractivity contribution >= 4 is 46.8 Å². The molecular weight excluding hydrogens is 459 g/mol. The summed E-state index contributed by atoms with van der Waals surface area (Å²) < 4.78 is 0. The van der Waals surface area contributed by atoms with Gasteiger partial charge in [-0.3, -0.25) is 14.7 Å². The molecule has 8 heteroatoms. The molecule has 1 aromatic heterocycles. The molecule has 166 valence electrons. The van der Waals surface area contributed by atoms with Crippen LogP contribution in [0.1, 0.15) is 35.4 Å². The first-order chi connectivity index (χ1) is 14.9. The van der Waals surface area contributed by atoms with Crippen LogP contribution in [-0.4, -0.2) is 52.3 Å². The minimum atomic E-state index is -0.250. The van der Waals surface area contributed by atoms with E-state index in [1.807, 2.05) is 13.0 Å². The number of carboxylic acid groups (broad SMARTS) is 1. The van der Waals surface area contributed by atoms with Crippen molar-refractivity contribution in [3.05, 3.63) is 67.4 Å². The number of aliphatic hydroxyl groups is 1. The lowest BCUT2D eigenvalue weighted by Crippen LogP contribution is -2.43. The van der Waals surface area contributed by atoms with Gasteiger partial charge in [0, 0.05) is 11.6 Å². The van der Waals surface area contributed by atoms with Crippen LogP contribution in [0.15, 0.2) is 29.8 Å². The van der Waals surface area contributed by atoms with E-state index in [0.29, 0.717) is 10.0 Å². The van der Waals surface area contributed by atoms with Crippen molar-refractivity contribution in [2.75, 3.05) is 19.7 Å². The Morgan fingerprint density at radius 3 is 2.68 bits per heavy atom. The number of aliphatic hydroxyl groups excluding tert-OH is 1. The van der Waals surface area contributed by atoms with Gasteiger partial charge in [-0.05, 0) is 79.6 Å². The van der Waals surface area contributed by atoms with Gasteiger partial charge in [-0.1, -0.05) is 40.9 Å². The number of benzene rings is 1. The van der Waals surface area contributed by atoms with E-state index in [2.05, 4.69) is 22.0 Å². The molecule has 1 aliphatic carbocycles. The van der Waals surface area contributed by atoms with Crippen LogP contribution < -0.4 is 0 Å². The Balaban J connectivity index is 0.000000858. The summed E-state index contributed by atoms with van der Waals surface area (Å²) >= 11 is 18.6. The van der Waals surface area contributed by atoms with E-state index >= 15 is 0 Å². The molecule has 0 saturated carbocycles. The fraction of sp³-hybridized carbons (Fsp3) is 0.391. The number of nitrogens with zero attached hydrogens (tertiary/aromatic N) is 2. The minimum absolute atomic E-state index is 0.0744. The number of carbonyl (C=O) groups is 1. The molecule has 2 aromatic rings. The Labute approximate surface area is 197 Å². The average Bonchev–Trinajstić information content (AvgIpc) is 3.10. The van der Waals surface area contributed by atoms with Crippen molar-refractivity contribution in [1.82, 2.24) is 9.88 Å². The minimum Gasteiger partial charge on any atom is -0.483 e. The van der Waals surface area contributed by atoms with Crippen molar-refractivity contribution < 1.29 is 15.0 Å². The van der Waals surface area contributed by atoms with E-state index in [9.17, 15) is 5.11 Å². The molecule has 0 amide bonds. The lowest BCUT2D eigenvalue weighted by Gasteiger charge is -2.36. The van der Waals surface area contributed by atoms with Crippen LogP contribution in [0.3, 0.4) is 0 Å². The second-order valence-electron chi connectivity index (χ2n) is 7.66. The molecule has 1 aromatic carbocycles. The monoisotopic (exact) mass is 482 g/mol. The number of pyridine rings is 1. The standard InChI is InChI=1S/C22H23Cl3N2O.CH2O2/c1-13-19(24)11-20(25)21(26-13)3-2-7-27-8-6-16-17-10-15(23)5-4-14(17)9-18(16)22(27)12-28;2-1-3/h4-5,10-11,22,28H,2-3,6-9,12H2,1H3;1H,(H,2,3). The van der Waals surface area contributed by atoms with Crippen molar-refractivity contribution in [2.45, 2.75) is 38.6 Å². The maximum atomic E-state index is 10.1. The van der Waals surface area contributed by atoms with Gasteiger partial charge in [-0.15, -0.1) is 0 Å². The van der Waals surface area contributed by atoms with Gasteiger partial charge >= 0.3 is 0 Å². The molecule has 1 atom stereocenters. The summed E-state index contributed by atoms with van der Waals surface area (Å²) in [5.41, 5.74) is 7.03. The van der Waals surface area contributed by atoms with Gasteiger partial charge in [-0.25, -0.2) is 0 Å². The summed E-state index contributed by atoms with van der Waals surface area (Å²) in [5, 5.41) is 19.0. The lowest BCUT2D eigenvalue weighted by molar-refractivity contribution is -0.122. The van der Waals surface area contributed by atoms with Crippen LogP contribution in [0, 0.1) is 6.92 Å². The van der Waals surface area contributed by atoms with E-state index in [1.54, 1.807) is 6.07 Å². The summed E-state index contributed by atoms with van der Waals surface area (Å²) in [7, 11) is 0. The van der Waals surface area contributed by atoms with E-state index in [0.717, 1.165) is 55.2 Å². The Hall–Kier alpha value is -1.63. The molecular formula is C23H25Cl3N2O3. The quantitative estimate of drug-likeness (QED) is 0.582. The zero-order valence-corrected chi connectivity index (χ0v) is 19.5. The van der Waals surface area contributed by atoms with Crippen LogP contribution in [-0.2, 0) is 17.6 Å². The maximum absolute atomic E-state index is 10.1. The summed E-state index contributed by atoms with van der Waals surface area (Å²) in [6.07, 6.45) is 3.64. The van der Waals surface area contributed by atoms with Crippen molar-refractivity contribution in [3.63, 3.8) is 0 Å². The summed E-state index contributed by atoms with van der Waals surface area (Å²) in [5.74, 6) is 0. The lowest BCUT2D eigenvalue weighted by atomic mass is 9.93. The molecule has 2 heterocycles. The first-order valence-corrected chi connectivity index (χ1v) is 11.3. The second kappa shape index (κ2) is 10.8. The highest BCUT2D eigenvalue weighted by molar-refractivity contribution is 6.35. The number of aromatic nitrogens is 1. The highest BCUT2D eigenvalue weighted by Gasteiger charge is 2.34. The molecule has 5 nitrogen and oxygen atoms in total. The third-order valence-corrected chi connectivity index (χ3v) is 6.81. The number of fused-ring (bicyclic) bond motifs is 2. The summed E-state index contributed by atoms with van der Waals surface area (Å²) in [6.45, 7) is 3.63. The number of halogens is 3. The van der Waals surface area contributed by atoms with Gasteiger partial charge in [0.2, 0.25) is 0 Å². The third kappa shape index (κ3) is 5.41. The SMILES string of the molecule is Cc1nc(CCCN2CCC3=C(Cc4ccc(Cl)cc43)C2CO)c(Cl)cc1Cl.O=CO. The summed E-state index contributed by atoms with van der Waals surface area (Å²) in [6, 6.07) is 7.99. The summed E-state index contributed by atoms with van der Waals surface area (Å²) in [4.78, 5) is 15.3. The van der Waals surface area contributed by atoms with E-state index in [1.165, 1.54) is 22.3 Å². The predicted molar refractivity (Wildman–Crippen MR) is 125 cm³/mol. The number of aryl methyl sites for hydroxylation is 2. The molecule has 0 saturated heterocycles. The Morgan fingerprint density at radius 2 is 1.97 bits per heavy atom. The van der Waals surface area contributed by atoms with Crippen LogP contribution in [0.25, 0.3) is 5.57 Å². The fourth-order valence-corrected chi connectivity index (χ4v) is 5.07. The average molecular weight is 484 g/mol. The molecule has 2 aliphatic rings. The molecule has 1 aliphatic heterocycles. The van der Waals surface area contributed by atoms with Gasteiger partial charge in [0.15, 0.2) is 0 Å². The smallest absolute Gasteiger partial charge is 0.290 e. The van der Waals surface area contributed by atoms with Gasteiger partial charge < -0.3 is 10.2 Å². The first-order valence-electron chi connectivity index (χ1n) is 10.1. The van der Waals surface area contributed by atoms with Crippen molar-refractivity contribution in [1.29, 1.82) is 0 Å². The number of hydrogen-bond acceptors (Lipinski definition) is 4. The van der Waals surface area contributed by atoms with E-state index < -0.39 is 0 Å².